The van der Waals surface area contributed by atoms with Gasteiger partial charge in [-0.3, -0.25) is 0 Å². The molecule has 4 rings (SSSR count). The summed E-state index contributed by atoms with van der Waals surface area (Å²) in [5.74, 6) is 0.259. The average molecular weight is 293 g/mol. The van der Waals surface area contributed by atoms with Gasteiger partial charge in [0, 0.05) is 14.1 Å². The van der Waals surface area contributed by atoms with Crippen molar-refractivity contribution in [1.29, 1.82) is 0 Å². The van der Waals surface area contributed by atoms with E-state index < -0.39 is 0 Å². The number of benzene rings is 2. The van der Waals surface area contributed by atoms with Crippen molar-refractivity contribution in [3.05, 3.63) is 48.0 Å². The Hall–Kier alpha value is -2.69. The molecule has 0 aliphatic rings. The van der Waals surface area contributed by atoms with Crippen molar-refractivity contribution in [2.24, 2.45) is 14.1 Å². The lowest BCUT2D eigenvalue weighted by Gasteiger charge is -2.05. The van der Waals surface area contributed by atoms with E-state index >= 15 is 0 Å². The van der Waals surface area contributed by atoms with Crippen LogP contribution in [0.1, 0.15) is 5.56 Å². The van der Waals surface area contributed by atoms with Crippen LogP contribution in [0, 0.1) is 19.1 Å². The molecule has 2 aromatic carbocycles. The van der Waals surface area contributed by atoms with Crippen LogP contribution in [0.3, 0.4) is 0 Å². The van der Waals surface area contributed by atoms with Crippen molar-refractivity contribution in [2.45, 2.75) is 6.92 Å². The number of aryl methyl sites for hydroxylation is 3. The lowest BCUT2D eigenvalue weighted by molar-refractivity contribution is 0.630. The van der Waals surface area contributed by atoms with Gasteiger partial charge >= 0.3 is 0 Å². The first-order valence-electron chi connectivity index (χ1n) is 7.03. The minimum atomic E-state index is -0.323. The summed E-state index contributed by atoms with van der Waals surface area (Å²) < 4.78 is 18.2. The zero-order valence-electron chi connectivity index (χ0n) is 12.6. The van der Waals surface area contributed by atoms with Gasteiger partial charge in [-0.1, -0.05) is 12.1 Å². The number of para-hydroxylation sites is 1. The van der Waals surface area contributed by atoms with Gasteiger partial charge in [0.05, 0.1) is 22.1 Å². The molecule has 22 heavy (non-hydrogen) atoms. The van der Waals surface area contributed by atoms with Gasteiger partial charge < -0.3 is 9.13 Å². The predicted octanol–water partition coefficient (Wildman–Crippen LogP) is 3.37. The molecule has 0 unspecified atom stereocenters. The maximum absolute atomic E-state index is 14.5. The maximum atomic E-state index is 14.5. The Morgan fingerprint density at radius 2 is 1.86 bits per heavy atom. The normalized spacial score (nSPS) is 11.6. The van der Waals surface area contributed by atoms with Gasteiger partial charge in [0.2, 0.25) is 0 Å². The summed E-state index contributed by atoms with van der Waals surface area (Å²) in [6.07, 6.45) is 2.84. The molecule has 0 fully saturated rings. The van der Waals surface area contributed by atoms with Crippen molar-refractivity contribution in [2.75, 3.05) is 0 Å². The molecular formula is C17H14FN4. The summed E-state index contributed by atoms with van der Waals surface area (Å²) in [4.78, 5) is 8.90. The van der Waals surface area contributed by atoms with E-state index in [4.69, 9.17) is 0 Å². The van der Waals surface area contributed by atoms with Crippen molar-refractivity contribution in [3.8, 4) is 11.4 Å². The molecule has 0 saturated carbocycles. The summed E-state index contributed by atoms with van der Waals surface area (Å²) in [7, 11) is 3.74. The first kappa shape index (κ1) is 13.0. The Morgan fingerprint density at radius 3 is 2.64 bits per heavy atom. The first-order chi connectivity index (χ1) is 10.6. The van der Waals surface area contributed by atoms with E-state index in [0.717, 1.165) is 22.1 Å². The Morgan fingerprint density at radius 1 is 1.05 bits per heavy atom. The lowest BCUT2D eigenvalue weighted by atomic mass is 10.1. The third-order valence-electron chi connectivity index (χ3n) is 4.12. The zero-order chi connectivity index (χ0) is 15.4. The topological polar surface area (TPSA) is 35.6 Å². The molecule has 2 aromatic heterocycles. The van der Waals surface area contributed by atoms with Gasteiger partial charge in [0.15, 0.2) is 6.33 Å². The van der Waals surface area contributed by atoms with Crippen LogP contribution in [0.15, 0.2) is 30.3 Å². The summed E-state index contributed by atoms with van der Waals surface area (Å²) in [6, 6.07) is 9.14. The van der Waals surface area contributed by atoms with Crippen LogP contribution in [-0.2, 0) is 14.1 Å². The van der Waals surface area contributed by atoms with E-state index in [1.165, 1.54) is 6.07 Å². The fraction of sp³-hybridized carbons (Fsp3) is 0.176. The second kappa shape index (κ2) is 4.40. The van der Waals surface area contributed by atoms with Gasteiger partial charge in [-0.25, -0.2) is 14.4 Å². The van der Waals surface area contributed by atoms with Crippen LogP contribution in [0.5, 0.6) is 0 Å². The highest BCUT2D eigenvalue weighted by molar-refractivity contribution is 5.93. The van der Waals surface area contributed by atoms with Crippen molar-refractivity contribution >= 4 is 22.1 Å². The number of rotatable bonds is 1. The molecule has 1 radical (unpaired) electrons. The fourth-order valence-corrected chi connectivity index (χ4v) is 2.91. The van der Waals surface area contributed by atoms with E-state index in [-0.39, 0.29) is 5.82 Å². The largest absolute Gasteiger partial charge is 0.327 e. The van der Waals surface area contributed by atoms with Crippen LogP contribution in [-0.4, -0.2) is 19.1 Å². The Bertz CT molecular complexity index is 1030. The first-order valence-corrected chi connectivity index (χ1v) is 7.03. The molecule has 0 N–H and O–H groups in total. The number of aromatic nitrogens is 4. The van der Waals surface area contributed by atoms with Crippen LogP contribution >= 0.6 is 0 Å². The van der Waals surface area contributed by atoms with Crippen LogP contribution < -0.4 is 0 Å². The molecular weight excluding hydrogens is 279 g/mol. The zero-order valence-corrected chi connectivity index (χ0v) is 12.6. The fourth-order valence-electron chi connectivity index (χ4n) is 2.91. The molecule has 109 valence electrons. The van der Waals surface area contributed by atoms with Gasteiger partial charge in [0.25, 0.3) is 0 Å². The molecule has 0 saturated heterocycles. The minimum absolute atomic E-state index is 0.323. The van der Waals surface area contributed by atoms with E-state index in [2.05, 4.69) is 16.3 Å². The van der Waals surface area contributed by atoms with Gasteiger partial charge in [-0.15, -0.1) is 0 Å². The number of hydrogen-bond donors (Lipinski definition) is 0. The molecule has 0 aliphatic heterocycles. The van der Waals surface area contributed by atoms with Crippen LogP contribution in [0.25, 0.3) is 33.5 Å². The molecule has 5 heteroatoms. The van der Waals surface area contributed by atoms with Crippen molar-refractivity contribution in [1.82, 2.24) is 19.1 Å². The molecule has 2 heterocycles. The highest BCUT2D eigenvalue weighted by Crippen LogP contribution is 2.32. The molecule has 0 aliphatic carbocycles. The smallest absolute Gasteiger partial charge is 0.177 e. The summed E-state index contributed by atoms with van der Waals surface area (Å²) in [5.41, 5.74) is 4.77. The van der Waals surface area contributed by atoms with Crippen molar-refractivity contribution < 1.29 is 4.39 Å². The van der Waals surface area contributed by atoms with Crippen molar-refractivity contribution in [3.63, 3.8) is 0 Å². The maximum Gasteiger partial charge on any atom is 0.177 e. The molecule has 0 amide bonds. The molecule has 0 spiro atoms. The third-order valence-corrected chi connectivity index (χ3v) is 4.12. The van der Waals surface area contributed by atoms with Crippen LogP contribution in [0.2, 0.25) is 0 Å². The summed E-state index contributed by atoms with van der Waals surface area (Å²) in [6.45, 7) is 2.00. The van der Waals surface area contributed by atoms with E-state index in [0.29, 0.717) is 16.9 Å². The highest BCUT2D eigenvalue weighted by atomic mass is 19.1. The number of imidazole rings is 2. The number of halogens is 1. The second-order valence-corrected chi connectivity index (χ2v) is 5.50. The molecule has 4 aromatic rings. The SMILES string of the molecule is Cc1cccc2c1nc(-c1c(F)ccc3c1n[c]n3C)n2C. The van der Waals surface area contributed by atoms with E-state index in [9.17, 15) is 4.39 Å². The Kier molecular flexibility index (Phi) is 2.60. The highest BCUT2D eigenvalue weighted by Gasteiger charge is 2.19. The molecule has 0 bridgehead atoms. The molecule has 0 atom stereocenters. The summed E-state index contributed by atoms with van der Waals surface area (Å²) in [5, 5.41) is 0. The third kappa shape index (κ3) is 1.62. The average Bonchev–Trinajstić information content (AvgIpc) is 3.02. The minimum Gasteiger partial charge on any atom is -0.327 e. The number of nitrogens with zero attached hydrogens (tertiary/aromatic N) is 4. The van der Waals surface area contributed by atoms with Gasteiger partial charge in [-0.2, -0.15) is 0 Å². The quantitative estimate of drug-likeness (QED) is 0.539. The van der Waals surface area contributed by atoms with Gasteiger partial charge in [0.1, 0.15) is 17.2 Å². The predicted molar refractivity (Wildman–Crippen MR) is 84.0 cm³/mol. The van der Waals surface area contributed by atoms with Gasteiger partial charge in [-0.05, 0) is 30.7 Å². The number of hydrogen-bond acceptors (Lipinski definition) is 2. The second-order valence-electron chi connectivity index (χ2n) is 5.50. The standard InChI is InChI=1S/C17H14FN4/c1-10-5-4-6-13-15(10)20-17(22(13)3)14-11(18)7-8-12-16(14)19-9-21(12)2/h4-8H,1-3H3. The van der Waals surface area contributed by atoms with E-state index in [1.54, 1.807) is 10.6 Å². The number of fused-ring (bicyclic) bond motifs is 2. The van der Waals surface area contributed by atoms with E-state index in [1.807, 2.05) is 43.8 Å². The monoisotopic (exact) mass is 293 g/mol. The summed E-state index contributed by atoms with van der Waals surface area (Å²) >= 11 is 0. The lowest BCUT2D eigenvalue weighted by Crippen LogP contribution is -1.96. The van der Waals surface area contributed by atoms with Crippen LogP contribution in [0.4, 0.5) is 4.39 Å². The Balaban J connectivity index is 2.14. The Labute approximate surface area is 126 Å². The molecule has 4 nitrogen and oxygen atoms in total.